The molecule has 1 heterocycles. The van der Waals surface area contributed by atoms with Crippen molar-refractivity contribution in [3.05, 3.63) is 80.4 Å². The summed E-state index contributed by atoms with van der Waals surface area (Å²) in [5.74, 6) is -0.457. The Hall–Kier alpha value is -4.41. The van der Waals surface area contributed by atoms with E-state index in [0.29, 0.717) is 11.1 Å². The van der Waals surface area contributed by atoms with Crippen LogP contribution in [0.1, 0.15) is 5.56 Å². The lowest BCUT2D eigenvalue weighted by atomic mass is 10.2. The van der Waals surface area contributed by atoms with Crippen LogP contribution < -0.4 is 5.32 Å². The van der Waals surface area contributed by atoms with Crippen molar-refractivity contribution in [2.45, 2.75) is 0 Å². The highest BCUT2D eigenvalue weighted by atomic mass is 16.6. The maximum Gasteiger partial charge on any atom is 0.322 e. The molecule has 3 rings (SSSR count). The van der Waals surface area contributed by atoms with E-state index in [0.717, 1.165) is 0 Å². The molecule has 1 amide bonds. The summed E-state index contributed by atoms with van der Waals surface area (Å²) in [7, 11) is 0. The highest BCUT2D eigenvalue weighted by Gasteiger charge is 2.12. The first-order valence-electron chi connectivity index (χ1n) is 7.74. The second kappa shape index (κ2) is 7.86. The van der Waals surface area contributed by atoms with E-state index in [-0.39, 0.29) is 23.3 Å². The van der Waals surface area contributed by atoms with E-state index in [9.17, 15) is 25.0 Å². The molecular formula is C17H11N5O6. The minimum absolute atomic E-state index is 0.0498. The molecule has 0 aliphatic heterocycles. The largest absolute Gasteiger partial charge is 0.403 e. The predicted molar refractivity (Wildman–Crippen MR) is 97.1 cm³/mol. The summed E-state index contributed by atoms with van der Waals surface area (Å²) in [5.41, 5.74) is 0.928. The fourth-order valence-electron chi connectivity index (χ4n) is 2.14. The third kappa shape index (κ3) is 4.40. The molecular weight excluding hydrogens is 370 g/mol. The first-order chi connectivity index (χ1) is 13.4. The lowest BCUT2D eigenvalue weighted by Crippen LogP contribution is -2.07. The van der Waals surface area contributed by atoms with Gasteiger partial charge in [0.1, 0.15) is 0 Å². The minimum Gasteiger partial charge on any atom is -0.403 e. The average molecular weight is 381 g/mol. The van der Waals surface area contributed by atoms with Crippen LogP contribution in [-0.4, -0.2) is 26.0 Å². The number of hydrogen-bond donors (Lipinski definition) is 1. The number of nitrogens with one attached hydrogen (secondary N) is 1. The number of anilines is 1. The number of hydrogen-bond acceptors (Lipinski definition) is 8. The van der Waals surface area contributed by atoms with Gasteiger partial charge >= 0.3 is 6.01 Å². The number of carbonyl (C=O) groups is 1. The van der Waals surface area contributed by atoms with E-state index >= 15 is 0 Å². The normalized spacial score (nSPS) is 10.7. The second-order valence-electron chi connectivity index (χ2n) is 5.39. The van der Waals surface area contributed by atoms with Gasteiger partial charge in [-0.25, -0.2) is 0 Å². The zero-order valence-electron chi connectivity index (χ0n) is 14.0. The number of nitro benzene ring substituents is 2. The highest BCUT2D eigenvalue weighted by molar-refractivity contribution is 6.00. The molecule has 0 atom stereocenters. The van der Waals surface area contributed by atoms with Gasteiger partial charge in [-0.1, -0.05) is 5.10 Å². The summed E-state index contributed by atoms with van der Waals surface area (Å²) in [5, 5.41) is 31.1. The van der Waals surface area contributed by atoms with Crippen molar-refractivity contribution >= 4 is 29.4 Å². The molecule has 0 fully saturated rings. The molecule has 11 heteroatoms. The second-order valence-corrected chi connectivity index (χ2v) is 5.39. The van der Waals surface area contributed by atoms with Crippen molar-refractivity contribution in [2.24, 2.45) is 0 Å². The third-order valence-electron chi connectivity index (χ3n) is 3.51. The minimum atomic E-state index is -0.544. The van der Waals surface area contributed by atoms with Gasteiger partial charge in [-0.2, -0.15) is 0 Å². The van der Waals surface area contributed by atoms with Crippen molar-refractivity contribution in [1.29, 1.82) is 0 Å². The van der Waals surface area contributed by atoms with Crippen molar-refractivity contribution in [3.8, 4) is 11.5 Å². The number of nitro groups is 2. The Morgan fingerprint density at radius 3 is 2.07 bits per heavy atom. The van der Waals surface area contributed by atoms with Crippen molar-refractivity contribution < 1.29 is 19.1 Å². The first-order valence-corrected chi connectivity index (χ1v) is 7.74. The summed E-state index contributed by atoms with van der Waals surface area (Å²) in [6, 6.07) is 11.0. The third-order valence-corrected chi connectivity index (χ3v) is 3.51. The van der Waals surface area contributed by atoms with Crippen molar-refractivity contribution in [3.63, 3.8) is 0 Å². The van der Waals surface area contributed by atoms with Crippen LogP contribution >= 0.6 is 0 Å². The molecule has 0 saturated carbocycles. The molecule has 28 heavy (non-hydrogen) atoms. The number of amides is 1. The van der Waals surface area contributed by atoms with Gasteiger partial charge in [0, 0.05) is 35.9 Å². The van der Waals surface area contributed by atoms with Gasteiger partial charge in [0.25, 0.3) is 17.3 Å². The molecule has 11 nitrogen and oxygen atoms in total. The number of rotatable bonds is 6. The Kier molecular flexibility index (Phi) is 5.16. The lowest BCUT2D eigenvalue weighted by Gasteiger charge is -1.96. The van der Waals surface area contributed by atoms with E-state index in [1.807, 2.05) is 0 Å². The van der Waals surface area contributed by atoms with Crippen LogP contribution in [0, 0.1) is 20.2 Å². The fraction of sp³-hybridized carbons (Fsp3) is 0. The van der Waals surface area contributed by atoms with Crippen LogP contribution in [0.4, 0.5) is 17.4 Å². The number of benzene rings is 2. The summed E-state index contributed by atoms with van der Waals surface area (Å²) >= 11 is 0. The molecule has 3 aromatic rings. The quantitative estimate of drug-likeness (QED) is 0.388. The predicted octanol–water partition coefficient (Wildman–Crippen LogP) is 3.20. The van der Waals surface area contributed by atoms with Gasteiger partial charge < -0.3 is 4.42 Å². The molecule has 1 N–H and O–H groups in total. The van der Waals surface area contributed by atoms with E-state index in [4.69, 9.17) is 4.42 Å². The topological polar surface area (TPSA) is 154 Å². The molecule has 0 radical (unpaired) electrons. The smallest absolute Gasteiger partial charge is 0.322 e. The summed E-state index contributed by atoms with van der Waals surface area (Å²) < 4.78 is 5.30. The van der Waals surface area contributed by atoms with E-state index in [2.05, 4.69) is 15.5 Å². The maximum atomic E-state index is 11.9. The Balaban J connectivity index is 1.63. The zero-order valence-corrected chi connectivity index (χ0v) is 14.0. The van der Waals surface area contributed by atoms with Gasteiger partial charge in [0.2, 0.25) is 5.89 Å². The molecule has 140 valence electrons. The zero-order chi connectivity index (χ0) is 20.1. The van der Waals surface area contributed by atoms with Crippen molar-refractivity contribution in [2.75, 3.05) is 5.32 Å². The Morgan fingerprint density at radius 1 is 0.929 bits per heavy atom. The van der Waals surface area contributed by atoms with Gasteiger partial charge in [-0.3, -0.25) is 30.3 Å². The van der Waals surface area contributed by atoms with Crippen LogP contribution in [0.2, 0.25) is 0 Å². The fourth-order valence-corrected chi connectivity index (χ4v) is 2.14. The Bertz CT molecular complexity index is 1060. The first kappa shape index (κ1) is 18.4. The maximum absolute atomic E-state index is 11.9. The molecule has 0 saturated heterocycles. The summed E-state index contributed by atoms with van der Waals surface area (Å²) in [6.45, 7) is 0. The number of aromatic nitrogens is 2. The molecule has 0 aliphatic rings. The highest BCUT2D eigenvalue weighted by Crippen LogP contribution is 2.22. The van der Waals surface area contributed by atoms with Crippen molar-refractivity contribution in [1.82, 2.24) is 10.2 Å². The van der Waals surface area contributed by atoms with Gasteiger partial charge in [-0.15, -0.1) is 5.10 Å². The van der Waals surface area contributed by atoms with Crippen LogP contribution in [0.3, 0.4) is 0 Å². The summed E-state index contributed by atoms with van der Waals surface area (Å²) in [6.07, 6.45) is 2.67. The van der Waals surface area contributed by atoms with E-state index < -0.39 is 15.8 Å². The molecule has 0 aliphatic carbocycles. The van der Waals surface area contributed by atoms with Crippen LogP contribution in [0.15, 0.2) is 59.0 Å². The van der Waals surface area contributed by atoms with Gasteiger partial charge in [0.05, 0.1) is 9.85 Å². The molecule has 0 bridgehead atoms. The molecule has 0 spiro atoms. The number of nitrogens with zero attached hydrogens (tertiary/aromatic N) is 4. The lowest BCUT2D eigenvalue weighted by molar-refractivity contribution is -0.385. The average Bonchev–Trinajstić information content (AvgIpc) is 3.15. The van der Waals surface area contributed by atoms with Gasteiger partial charge in [0.15, 0.2) is 0 Å². The Morgan fingerprint density at radius 2 is 1.50 bits per heavy atom. The number of non-ortho nitro benzene ring substituents is 2. The van der Waals surface area contributed by atoms with Crippen LogP contribution in [-0.2, 0) is 4.79 Å². The SMILES string of the molecule is O=C(/C=C/c1ccc([N+](=O)[O-])cc1)Nc1nnc(-c2ccc([N+](=O)[O-])cc2)o1. The van der Waals surface area contributed by atoms with E-state index in [1.54, 1.807) is 0 Å². The number of carbonyl (C=O) groups excluding carboxylic acids is 1. The Labute approximate surface area is 156 Å². The molecule has 0 unspecified atom stereocenters. The molecule has 2 aromatic carbocycles. The van der Waals surface area contributed by atoms with Crippen LogP contribution in [0.25, 0.3) is 17.5 Å². The monoisotopic (exact) mass is 381 g/mol. The standard InChI is InChI=1S/C17H11N5O6/c23-15(10-3-11-1-6-13(7-2-11)21(24)25)18-17-20-19-16(28-17)12-4-8-14(9-5-12)22(26)27/h1-10H,(H,18,20,23)/b10-3+. The van der Waals surface area contributed by atoms with E-state index in [1.165, 1.54) is 60.7 Å². The van der Waals surface area contributed by atoms with Crippen LogP contribution in [0.5, 0.6) is 0 Å². The molecule has 1 aromatic heterocycles. The summed E-state index contributed by atoms with van der Waals surface area (Å²) in [4.78, 5) is 32.1. The van der Waals surface area contributed by atoms with Gasteiger partial charge in [-0.05, 0) is 35.9 Å².